The van der Waals surface area contributed by atoms with Crippen molar-refractivity contribution in [2.24, 2.45) is 90.7 Å². The second kappa shape index (κ2) is 26.5. The molecule has 0 nitrogen and oxygen atoms in total. The molecule has 4 atom stereocenters. The minimum Gasteiger partial charge on any atom is -0.319 e. The fraction of sp³-hybridized carbons (Fsp3) is 0.941. The van der Waals surface area contributed by atoms with Crippen LogP contribution in [0.2, 0.25) is 0 Å². The van der Waals surface area contributed by atoms with Crippen LogP contribution in [0.3, 0.4) is 0 Å². The van der Waals surface area contributed by atoms with Crippen molar-refractivity contribution in [2.75, 3.05) is 0 Å². The number of fused-ring (bicyclic) bond motifs is 8. The molecule has 8 fully saturated rings. The summed E-state index contributed by atoms with van der Waals surface area (Å²) in [5.41, 5.74) is 4.66. The van der Waals surface area contributed by atoms with E-state index in [9.17, 15) is 0 Å². The van der Waals surface area contributed by atoms with Crippen molar-refractivity contribution in [1.82, 2.24) is 0 Å². The summed E-state index contributed by atoms with van der Waals surface area (Å²) in [6, 6.07) is 0. The summed E-state index contributed by atoms with van der Waals surface area (Å²) in [7, 11) is 0. The fourth-order valence-corrected chi connectivity index (χ4v) is 16.3. The molecule has 4 unspecified atom stereocenters. The maximum Gasteiger partial charge on any atom is 4.00 e. The van der Waals surface area contributed by atoms with Gasteiger partial charge < -0.3 is 25.7 Å². The third-order valence-corrected chi connectivity index (χ3v) is 23.2. The van der Waals surface area contributed by atoms with Gasteiger partial charge in [-0.05, 0) is 23.7 Å². The van der Waals surface area contributed by atoms with E-state index in [-0.39, 0.29) is 17.4 Å². The maximum absolute atomic E-state index is 2.77. The van der Waals surface area contributed by atoms with Gasteiger partial charge in [0.15, 0.2) is 0 Å². The van der Waals surface area contributed by atoms with Crippen molar-refractivity contribution >= 4 is 0 Å². The first-order valence-electron chi connectivity index (χ1n) is 31.3. The van der Waals surface area contributed by atoms with Crippen LogP contribution in [0.4, 0.5) is 0 Å². The van der Waals surface area contributed by atoms with Crippen LogP contribution >= 0.6 is 0 Å². The molecule has 0 aromatic rings. The summed E-state index contributed by atoms with van der Waals surface area (Å²) in [6.45, 7) is 38.9. The molecule has 0 saturated heterocycles. The summed E-state index contributed by atoms with van der Waals surface area (Å²) in [5, 5.41) is 0. The molecule has 8 aliphatic rings. The third kappa shape index (κ3) is 17.3. The van der Waals surface area contributed by atoms with E-state index in [1.54, 1.807) is 0 Å². The van der Waals surface area contributed by atoms with Crippen LogP contribution in [0, 0.1) is 116 Å². The number of hydrogen-bond acceptors (Lipinski definition) is 0. The van der Waals surface area contributed by atoms with Gasteiger partial charge in [0.05, 0.1) is 0 Å². The van der Waals surface area contributed by atoms with E-state index in [1.165, 1.54) is 205 Å². The Labute approximate surface area is 447 Å². The number of hydrogen-bond donors (Lipinski definition) is 0. The first kappa shape index (κ1) is 62.1. The Kier molecular flexibility index (Phi) is 23.9. The first-order valence-corrected chi connectivity index (χ1v) is 31.3. The molecule has 8 saturated carbocycles. The molecule has 402 valence electrons. The average molecular weight is 994 g/mol. The van der Waals surface area contributed by atoms with E-state index in [1.807, 2.05) is 0 Å². The van der Waals surface area contributed by atoms with E-state index in [0.29, 0.717) is 43.3 Å². The van der Waals surface area contributed by atoms with Gasteiger partial charge in [-0.3, -0.25) is 0 Å². The Morgan fingerprint density at radius 1 is 0.333 bits per heavy atom. The van der Waals surface area contributed by atoms with Crippen LogP contribution in [-0.4, -0.2) is 0 Å². The topological polar surface area (TPSA) is 0 Å². The molecule has 8 bridgehead atoms. The molecule has 8 rings (SSSR count). The smallest absolute Gasteiger partial charge is 0.319 e. The van der Waals surface area contributed by atoms with E-state index < -0.39 is 0 Å². The van der Waals surface area contributed by atoms with E-state index in [2.05, 4.69) is 136 Å². The van der Waals surface area contributed by atoms with Crippen molar-refractivity contribution in [1.29, 1.82) is 0 Å². The first-order chi connectivity index (χ1) is 31.9. The molecule has 0 aromatic heterocycles. The molecule has 0 N–H and O–H groups in total. The Morgan fingerprint density at radius 2 is 0.493 bits per heavy atom. The van der Waals surface area contributed by atoms with Gasteiger partial charge in [0.1, 0.15) is 0 Å². The number of rotatable bonds is 24. The Hall–Kier alpha value is 0.532. The molecule has 0 radical (unpaired) electrons. The quantitative estimate of drug-likeness (QED) is 0.0846. The van der Waals surface area contributed by atoms with Crippen LogP contribution in [0.25, 0.3) is 0 Å². The van der Waals surface area contributed by atoms with Gasteiger partial charge >= 0.3 is 17.4 Å². The summed E-state index contributed by atoms with van der Waals surface area (Å²) < 4.78 is 0. The van der Waals surface area contributed by atoms with Gasteiger partial charge in [-0.2, -0.15) is 45.3 Å². The molecule has 8 aliphatic carbocycles. The second-order valence-electron chi connectivity index (χ2n) is 30.2. The molecule has 0 aliphatic heterocycles. The van der Waals surface area contributed by atoms with Gasteiger partial charge in [0.25, 0.3) is 0 Å². The predicted molar refractivity (Wildman–Crippen MR) is 303 cm³/mol. The normalized spacial score (nSPS) is 33.7. The Balaban J connectivity index is 0.000000199. The molecular weight excluding hydrogens is 869 g/mol. The van der Waals surface area contributed by atoms with Crippen molar-refractivity contribution in [3.05, 3.63) is 25.7 Å². The molecule has 0 amide bonds. The van der Waals surface area contributed by atoms with Crippen LogP contribution in [0.15, 0.2) is 0 Å². The van der Waals surface area contributed by atoms with Gasteiger partial charge in [-0.25, -0.2) is 0 Å². The monoisotopic (exact) mass is 993 g/mol. The van der Waals surface area contributed by atoms with Gasteiger partial charge in [-0.15, -0.1) is 0 Å². The van der Waals surface area contributed by atoms with Crippen LogP contribution in [0.1, 0.15) is 316 Å². The molecular formula is C68H124Cr. The largest absolute Gasteiger partial charge is 4.00 e. The van der Waals surface area contributed by atoms with Crippen molar-refractivity contribution < 1.29 is 17.4 Å². The predicted octanol–water partition coefficient (Wildman–Crippen LogP) is 22.5. The molecule has 0 heterocycles. The summed E-state index contributed by atoms with van der Waals surface area (Å²) >= 11 is 0. The number of unbranched alkanes of at least 4 members (excludes halogenated alkanes) is 4. The van der Waals surface area contributed by atoms with Crippen LogP contribution < -0.4 is 0 Å². The summed E-state index contributed by atoms with van der Waals surface area (Å²) in [6.07, 6.45) is 57.7. The maximum atomic E-state index is 2.77. The minimum atomic E-state index is 0. The standard InChI is InChI=1S/4C17H31.Cr/c4*1-5-6-9-16(3,4)14(2)12-17-10-7-15(13-17)8-11-17;/h4*12,14-15H,5-11,13H2,1-4H3;/q4*-1;+4. The molecule has 0 spiro atoms. The fourth-order valence-electron chi connectivity index (χ4n) is 16.3. The van der Waals surface area contributed by atoms with Crippen LogP contribution in [0.5, 0.6) is 0 Å². The molecule has 1 heteroatoms. The zero-order chi connectivity index (χ0) is 50.1. The Bertz CT molecular complexity index is 1190. The zero-order valence-corrected chi connectivity index (χ0v) is 51.2. The zero-order valence-electron chi connectivity index (χ0n) is 50.0. The van der Waals surface area contributed by atoms with Crippen molar-refractivity contribution in [2.45, 2.75) is 316 Å². The minimum absolute atomic E-state index is 0. The average Bonchev–Trinajstić information content (AvgIpc) is 4.19. The van der Waals surface area contributed by atoms with Gasteiger partial charge in [-0.1, -0.05) is 338 Å². The molecule has 69 heavy (non-hydrogen) atoms. The van der Waals surface area contributed by atoms with Crippen LogP contribution in [-0.2, 0) is 17.4 Å². The summed E-state index contributed by atoms with van der Waals surface area (Å²) in [5.74, 6) is 7.46. The Morgan fingerprint density at radius 3 is 0.609 bits per heavy atom. The second-order valence-corrected chi connectivity index (χ2v) is 30.2. The van der Waals surface area contributed by atoms with Crippen molar-refractivity contribution in [3.63, 3.8) is 0 Å². The summed E-state index contributed by atoms with van der Waals surface area (Å²) in [4.78, 5) is 0. The van der Waals surface area contributed by atoms with E-state index >= 15 is 0 Å². The molecule has 0 aromatic carbocycles. The SMILES string of the molecule is CCCCC(C)(C)C(C)[CH-]C12CCC(CC1)C2.CCCCC(C)(C)C(C)[CH-]C12CCC(CC1)C2.CCCCC(C)(C)C(C)[CH-]C12CCC(CC1)C2.CCCCC(C)(C)C(C)[CH-]C12CCC(CC1)C2.[Cr+4]. The van der Waals surface area contributed by atoms with Gasteiger partial charge in [0.2, 0.25) is 0 Å². The van der Waals surface area contributed by atoms with E-state index in [0.717, 1.165) is 47.3 Å². The van der Waals surface area contributed by atoms with Gasteiger partial charge in [0, 0.05) is 0 Å². The third-order valence-electron chi connectivity index (χ3n) is 23.2. The van der Waals surface area contributed by atoms with Crippen molar-refractivity contribution in [3.8, 4) is 0 Å². The van der Waals surface area contributed by atoms with E-state index in [4.69, 9.17) is 0 Å².